The van der Waals surface area contributed by atoms with Gasteiger partial charge in [-0.05, 0) is 25.1 Å². The molecule has 0 atom stereocenters. The number of hydrogen-bond acceptors (Lipinski definition) is 3. The molecule has 0 radical (unpaired) electrons. The molecule has 0 fully saturated rings. The molecular weight excluding hydrogens is 297 g/mol. The largest absolute Gasteiger partial charge is 0.573 e. The number of benzene rings is 1. The van der Waals surface area contributed by atoms with Crippen LogP contribution in [0.25, 0.3) is 11.1 Å². The highest BCUT2D eigenvalue weighted by atomic mass is 19.4. The van der Waals surface area contributed by atoms with E-state index >= 15 is 0 Å². The Kier molecular flexibility index (Phi) is 4.35. The molecule has 0 bridgehead atoms. The third kappa shape index (κ3) is 3.97. The third-order valence-electron chi connectivity index (χ3n) is 2.79. The number of ether oxygens (including phenoxy) is 1. The van der Waals surface area contributed by atoms with Gasteiger partial charge in [-0.25, -0.2) is 4.98 Å². The number of aryl methyl sites for hydroxylation is 1. The van der Waals surface area contributed by atoms with Crippen molar-refractivity contribution < 1.29 is 22.7 Å². The zero-order valence-corrected chi connectivity index (χ0v) is 11.9. The fraction of sp³-hybridized carbons (Fsp3) is 0.200. The van der Waals surface area contributed by atoms with E-state index in [0.717, 1.165) is 0 Å². The summed E-state index contributed by atoms with van der Waals surface area (Å²) in [5, 5.41) is 2.52. The maximum absolute atomic E-state index is 12.5. The molecule has 0 unspecified atom stereocenters. The predicted octanol–water partition coefficient (Wildman–Crippen LogP) is 3.91. The Hall–Kier alpha value is -2.57. The van der Waals surface area contributed by atoms with Crippen LogP contribution in [-0.2, 0) is 4.79 Å². The molecule has 1 aromatic carbocycles. The van der Waals surface area contributed by atoms with E-state index in [2.05, 4.69) is 15.0 Å². The van der Waals surface area contributed by atoms with Crippen LogP contribution in [0.4, 0.5) is 19.0 Å². The monoisotopic (exact) mass is 310 g/mol. The Morgan fingerprint density at radius 1 is 1.14 bits per heavy atom. The van der Waals surface area contributed by atoms with Crippen molar-refractivity contribution in [3.8, 4) is 16.9 Å². The van der Waals surface area contributed by atoms with E-state index in [9.17, 15) is 18.0 Å². The minimum Gasteiger partial charge on any atom is -0.405 e. The Morgan fingerprint density at radius 3 is 2.41 bits per heavy atom. The van der Waals surface area contributed by atoms with Crippen molar-refractivity contribution in [2.75, 3.05) is 5.32 Å². The third-order valence-corrected chi connectivity index (χ3v) is 2.79. The first kappa shape index (κ1) is 15.8. The molecule has 2 rings (SSSR count). The summed E-state index contributed by atoms with van der Waals surface area (Å²) in [5.74, 6) is -0.240. The highest BCUT2D eigenvalue weighted by Gasteiger charge is 2.32. The van der Waals surface area contributed by atoms with Crippen molar-refractivity contribution in [1.29, 1.82) is 0 Å². The van der Waals surface area contributed by atoms with Gasteiger partial charge in [-0.15, -0.1) is 13.2 Å². The maximum Gasteiger partial charge on any atom is 0.573 e. The van der Waals surface area contributed by atoms with Gasteiger partial charge in [0.15, 0.2) is 0 Å². The van der Waals surface area contributed by atoms with Gasteiger partial charge in [-0.2, -0.15) is 0 Å². The number of rotatable bonds is 3. The number of carbonyl (C=O) groups excluding carboxylic acids is 1. The highest BCUT2D eigenvalue weighted by molar-refractivity contribution is 5.88. The number of nitrogens with one attached hydrogen (secondary N) is 1. The number of pyridine rings is 1. The number of nitrogens with zero attached hydrogens (tertiary/aromatic N) is 1. The molecule has 0 saturated heterocycles. The van der Waals surface area contributed by atoms with Gasteiger partial charge in [-0.3, -0.25) is 4.79 Å². The lowest BCUT2D eigenvalue weighted by molar-refractivity contribution is -0.274. The molecule has 4 nitrogen and oxygen atoms in total. The van der Waals surface area contributed by atoms with Crippen LogP contribution in [0.15, 0.2) is 36.4 Å². The van der Waals surface area contributed by atoms with E-state index in [4.69, 9.17) is 0 Å². The number of aromatic nitrogens is 1. The zero-order valence-electron chi connectivity index (χ0n) is 11.9. The Balaban J connectivity index is 2.42. The van der Waals surface area contributed by atoms with Crippen LogP contribution in [0, 0.1) is 6.92 Å². The maximum atomic E-state index is 12.5. The summed E-state index contributed by atoms with van der Waals surface area (Å²) in [4.78, 5) is 15.2. The summed E-state index contributed by atoms with van der Waals surface area (Å²) in [6.07, 6.45) is -4.77. The summed E-state index contributed by atoms with van der Waals surface area (Å²) in [7, 11) is 0. The Bertz CT molecular complexity index is 699. The van der Waals surface area contributed by atoms with Crippen molar-refractivity contribution in [2.45, 2.75) is 20.2 Å². The van der Waals surface area contributed by atoms with Crippen LogP contribution < -0.4 is 10.1 Å². The topological polar surface area (TPSA) is 51.2 Å². The molecule has 7 heteroatoms. The summed E-state index contributed by atoms with van der Waals surface area (Å²) < 4.78 is 41.4. The van der Waals surface area contributed by atoms with Gasteiger partial charge >= 0.3 is 6.36 Å². The molecule has 22 heavy (non-hydrogen) atoms. The van der Waals surface area contributed by atoms with E-state index in [0.29, 0.717) is 17.1 Å². The van der Waals surface area contributed by atoms with Crippen LogP contribution in [0.3, 0.4) is 0 Å². The number of anilines is 1. The van der Waals surface area contributed by atoms with E-state index < -0.39 is 6.36 Å². The summed E-state index contributed by atoms with van der Waals surface area (Å²) >= 11 is 0. The Morgan fingerprint density at radius 2 is 1.82 bits per heavy atom. The normalized spacial score (nSPS) is 11.1. The summed E-state index contributed by atoms with van der Waals surface area (Å²) in [6.45, 7) is 2.99. The first-order valence-electron chi connectivity index (χ1n) is 6.36. The van der Waals surface area contributed by atoms with Gasteiger partial charge in [-0.1, -0.05) is 18.2 Å². The van der Waals surface area contributed by atoms with Gasteiger partial charge in [0.05, 0.1) is 0 Å². The minimum absolute atomic E-state index is 0.277. The van der Waals surface area contributed by atoms with Gasteiger partial charge in [0.2, 0.25) is 5.91 Å². The van der Waals surface area contributed by atoms with E-state index in [1.165, 1.54) is 31.2 Å². The minimum atomic E-state index is -4.77. The second-order valence-electron chi connectivity index (χ2n) is 4.55. The molecule has 1 aromatic heterocycles. The molecule has 1 N–H and O–H groups in total. The van der Waals surface area contributed by atoms with E-state index in [1.54, 1.807) is 19.1 Å². The molecule has 116 valence electrons. The van der Waals surface area contributed by atoms with Gasteiger partial charge in [0.25, 0.3) is 0 Å². The molecule has 0 aliphatic rings. The second kappa shape index (κ2) is 6.05. The molecule has 1 amide bonds. The predicted molar refractivity (Wildman–Crippen MR) is 75.4 cm³/mol. The molecule has 0 saturated carbocycles. The highest BCUT2D eigenvalue weighted by Crippen LogP contribution is 2.35. The van der Waals surface area contributed by atoms with Crippen LogP contribution in [-0.4, -0.2) is 17.3 Å². The van der Waals surface area contributed by atoms with Crippen molar-refractivity contribution in [3.05, 3.63) is 42.1 Å². The van der Waals surface area contributed by atoms with Crippen molar-refractivity contribution in [1.82, 2.24) is 4.98 Å². The number of alkyl halides is 3. The van der Waals surface area contributed by atoms with Crippen molar-refractivity contribution in [2.24, 2.45) is 0 Å². The molecule has 1 heterocycles. The number of amides is 1. The zero-order chi connectivity index (χ0) is 16.3. The number of hydrogen-bond donors (Lipinski definition) is 1. The number of carbonyl (C=O) groups is 1. The van der Waals surface area contributed by atoms with Gasteiger partial charge in [0, 0.05) is 23.7 Å². The van der Waals surface area contributed by atoms with Gasteiger partial charge in [0.1, 0.15) is 11.6 Å². The van der Waals surface area contributed by atoms with Crippen LogP contribution in [0.5, 0.6) is 5.75 Å². The fourth-order valence-electron chi connectivity index (χ4n) is 2.00. The SMILES string of the molecule is CC(=O)Nc1ccc(-c2ccccc2OC(F)(F)F)c(C)n1. The molecule has 0 aliphatic heterocycles. The molecule has 0 aliphatic carbocycles. The molecule has 2 aromatic rings. The van der Waals surface area contributed by atoms with Crippen LogP contribution in [0.2, 0.25) is 0 Å². The second-order valence-corrected chi connectivity index (χ2v) is 4.55. The van der Waals surface area contributed by atoms with Crippen molar-refractivity contribution in [3.63, 3.8) is 0 Å². The fourth-order valence-corrected chi connectivity index (χ4v) is 2.00. The first-order valence-corrected chi connectivity index (χ1v) is 6.36. The average molecular weight is 310 g/mol. The summed E-state index contributed by atoms with van der Waals surface area (Å²) in [5.41, 5.74) is 1.25. The van der Waals surface area contributed by atoms with Gasteiger partial charge < -0.3 is 10.1 Å². The molecular formula is C15H13F3N2O2. The lowest BCUT2D eigenvalue weighted by Gasteiger charge is -2.14. The van der Waals surface area contributed by atoms with Crippen molar-refractivity contribution >= 4 is 11.7 Å². The quantitative estimate of drug-likeness (QED) is 0.935. The smallest absolute Gasteiger partial charge is 0.405 e. The molecule has 0 spiro atoms. The standard InChI is InChI=1S/C15H13F3N2O2/c1-9-11(7-8-14(19-9)20-10(2)21)12-5-3-4-6-13(12)22-15(16,17)18/h3-8H,1-2H3,(H,19,20,21). The number of halogens is 3. The first-order chi connectivity index (χ1) is 10.3. The number of para-hydroxylation sites is 1. The van der Waals surface area contributed by atoms with Crippen LogP contribution >= 0.6 is 0 Å². The summed E-state index contributed by atoms with van der Waals surface area (Å²) in [6, 6.07) is 8.94. The van der Waals surface area contributed by atoms with E-state index in [1.807, 2.05) is 0 Å². The van der Waals surface area contributed by atoms with Crippen LogP contribution in [0.1, 0.15) is 12.6 Å². The lowest BCUT2D eigenvalue weighted by atomic mass is 10.0. The lowest BCUT2D eigenvalue weighted by Crippen LogP contribution is -2.17. The average Bonchev–Trinajstić information content (AvgIpc) is 2.37. The van der Waals surface area contributed by atoms with E-state index in [-0.39, 0.29) is 17.2 Å². The Labute approximate surface area is 124 Å².